The summed E-state index contributed by atoms with van der Waals surface area (Å²) < 4.78 is 0. The molecule has 6 heteroatoms. The van der Waals surface area contributed by atoms with Crippen molar-refractivity contribution in [2.24, 2.45) is 0 Å². The second-order valence-corrected chi connectivity index (χ2v) is 6.46. The predicted molar refractivity (Wildman–Crippen MR) is 99.5 cm³/mol. The number of carbonyl (C=O) groups excluding carboxylic acids is 2. The molecule has 3 N–H and O–H groups in total. The summed E-state index contributed by atoms with van der Waals surface area (Å²) in [4.78, 5) is 26.4. The van der Waals surface area contributed by atoms with Gasteiger partial charge in [-0.1, -0.05) is 41.9 Å². The van der Waals surface area contributed by atoms with E-state index in [0.29, 0.717) is 42.2 Å². The maximum Gasteiger partial charge on any atom is 0.249 e. The van der Waals surface area contributed by atoms with E-state index >= 15 is 0 Å². The van der Waals surface area contributed by atoms with Crippen LogP contribution < -0.4 is 16.0 Å². The quantitative estimate of drug-likeness (QED) is 0.808. The summed E-state index contributed by atoms with van der Waals surface area (Å²) in [5, 5.41) is 3.35. The minimum Gasteiger partial charge on any atom is -0.399 e. The highest BCUT2D eigenvalue weighted by atomic mass is 35.5. The summed E-state index contributed by atoms with van der Waals surface area (Å²) in [6.45, 7) is 0.541. The van der Waals surface area contributed by atoms with Crippen molar-refractivity contribution in [2.75, 3.05) is 17.2 Å². The van der Waals surface area contributed by atoms with Gasteiger partial charge in [0.25, 0.3) is 0 Å². The molecule has 25 heavy (non-hydrogen) atoms. The molecule has 0 radical (unpaired) electrons. The van der Waals surface area contributed by atoms with Crippen LogP contribution in [0.1, 0.15) is 18.4 Å². The summed E-state index contributed by atoms with van der Waals surface area (Å²) in [6, 6.07) is 14.2. The highest BCUT2D eigenvalue weighted by Crippen LogP contribution is 2.29. The van der Waals surface area contributed by atoms with Crippen LogP contribution in [0.25, 0.3) is 0 Å². The average molecular weight is 358 g/mol. The van der Waals surface area contributed by atoms with E-state index in [1.54, 1.807) is 11.0 Å². The molecule has 0 spiro atoms. The van der Waals surface area contributed by atoms with Gasteiger partial charge in [-0.2, -0.15) is 0 Å². The Bertz CT molecular complexity index is 794. The number of rotatable bonds is 5. The zero-order valence-corrected chi connectivity index (χ0v) is 14.5. The number of nitrogens with two attached hydrogens (primary N) is 1. The normalized spacial score (nSPS) is 16.9. The van der Waals surface area contributed by atoms with Gasteiger partial charge in [-0.05, 0) is 36.6 Å². The molecule has 1 fully saturated rings. The van der Waals surface area contributed by atoms with Crippen LogP contribution in [0.5, 0.6) is 0 Å². The fourth-order valence-corrected chi connectivity index (χ4v) is 3.24. The molecule has 5 nitrogen and oxygen atoms in total. The molecular formula is C19H20ClN3O2. The lowest BCUT2D eigenvalue weighted by Crippen LogP contribution is -2.41. The molecule has 130 valence electrons. The zero-order chi connectivity index (χ0) is 17.8. The van der Waals surface area contributed by atoms with Gasteiger partial charge < -0.3 is 16.0 Å². The van der Waals surface area contributed by atoms with Gasteiger partial charge in [0, 0.05) is 18.7 Å². The van der Waals surface area contributed by atoms with Crippen LogP contribution in [-0.2, 0) is 16.0 Å². The van der Waals surface area contributed by atoms with Gasteiger partial charge in [0.15, 0.2) is 0 Å². The summed E-state index contributed by atoms with van der Waals surface area (Å²) in [6.07, 6.45) is 1.42. The van der Waals surface area contributed by atoms with E-state index < -0.39 is 6.04 Å². The van der Waals surface area contributed by atoms with E-state index in [9.17, 15) is 9.59 Å². The maximum atomic E-state index is 12.6. The Kier molecular flexibility index (Phi) is 5.24. The number of benzene rings is 2. The molecule has 1 unspecified atom stereocenters. The van der Waals surface area contributed by atoms with Gasteiger partial charge in [-0.25, -0.2) is 0 Å². The van der Waals surface area contributed by atoms with Gasteiger partial charge in [-0.3, -0.25) is 9.59 Å². The minimum atomic E-state index is -0.503. The minimum absolute atomic E-state index is 0.124. The number of halogens is 1. The van der Waals surface area contributed by atoms with Gasteiger partial charge in [-0.15, -0.1) is 0 Å². The number of nitrogens with one attached hydrogen (secondary N) is 1. The first-order valence-corrected chi connectivity index (χ1v) is 8.62. The van der Waals surface area contributed by atoms with Gasteiger partial charge in [0.1, 0.15) is 6.04 Å². The number of aryl methyl sites for hydroxylation is 1. The molecule has 2 aromatic carbocycles. The Morgan fingerprint density at radius 1 is 1.20 bits per heavy atom. The highest BCUT2D eigenvalue weighted by Gasteiger charge is 2.34. The number of para-hydroxylation sites is 2. The third-order valence-electron chi connectivity index (χ3n) is 4.36. The Morgan fingerprint density at radius 3 is 2.68 bits per heavy atom. The van der Waals surface area contributed by atoms with Crippen molar-refractivity contribution >= 4 is 34.8 Å². The Labute approximate surface area is 151 Å². The number of nitrogens with zero attached hydrogens (tertiary/aromatic N) is 1. The second-order valence-electron chi connectivity index (χ2n) is 6.05. The number of nitrogen functional groups attached to an aromatic ring is 1. The lowest BCUT2D eigenvalue weighted by atomic mass is 10.1. The smallest absolute Gasteiger partial charge is 0.249 e. The molecule has 0 aliphatic carbocycles. The third-order valence-corrected chi connectivity index (χ3v) is 4.68. The van der Waals surface area contributed by atoms with Crippen LogP contribution in [0, 0.1) is 0 Å². The number of anilines is 2. The van der Waals surface area contributed by atoms with Crippen molar-refractivity contribution in [2.45, 2.75) is 25.3 Å². The monoisotopic (exact) mass is 357 g/mol. The molecule has 1 aliphatic heterocycles. The largest absolute Gasteiger partial charge is 0.399 e. The molecule has 1 heterocycles. The predicted octanol–water partition coefficient (Wildman–Crippen LogP) is 2.78. The number of hydrogen-bond acceptors (Lipinski definition) is 3. The fourth-order valence-electron chi connectivity index (χ4n) is 3.00. The van der Waals surface area contributed by atoms with Crippen LogP contribution in [-0.4, -0.2) is 24.4 Å². The lowest BCUT2D eigenvalue weighted by molar-refractivity contribution is -0.126. The summed E-state index contributed by atoms with van der Waals surface area (Å²) in [5.74, 6) is -0.275. The summed E-state index contributed by atoms with van der Waals surface area (Å²) in [7, 11) is 0. The first-order chi connectivity index (χ1) is 12.1. The second kappa shape index (κ2) is 7.57. The molecule has 0 saturated carbocycles. The molecule has 3 rings (SSSR count). The van der Waals surface area contributed by atoms with Gasteiger partial charge >= 0.3 is 0 Å². The first kappa shape index (κ1) is 17.3. The molecule has 1 atom stereocenters. The Morgan fingerprint density at radius 2 is 1.92 bits per heavy atom. The van der Waals surface area contributed by atoms with Crippen LogP contribution in [0.4, 0.5) is 11.4 Å². The van der Waals surface area contributed by atoms with Gasteiger partial charge in [0.05, 0.1) is 10.7 Å². The van der Waals surface area contributed by atoms with Crippen molar-refractivity contribution in [3.8, 4) is 0 Å². The summed E-state index contributed by atoms with van der Waals surface area (Å²) in [5.41, 5.74) is 8.18. The Balaban J connectivity index is 1.57. The van der Waals surface area contributed by atoms with Crippen molar-refractivity contribution in [3.63, 3.8) is 0 Å². The van der Waals surface area contributed by atoms with E-state index in [2.05, 4.69) is 5.32 Å². The van der Waals surface area contributed by atoms with Crippen LogP contribution in [0.15, 0.2) is 48.5 Å². The third kappa shape index (κ3) is 3.94. The fraction of sp³-hybridized carbons (Fsp3) is 0.263. The van der Waals surface area contributed by atoms with Crippen molar-refractivity contribution in [1.82, 2.24) is 5.32 Å². The van der Waals surface area contributed by atoms with E-state index in [1.807, 2.05) is 42.5 Å². The maximum absolute atomic E-state index is 12.6. The van der Waals surface area contributed by atoms with E-state index in [-0.39, 0.29) is 11.8 Å². The molecule has 2 amide bonds. The number of carbonyl (C=O) groups is 2. The topological polar surface area (TPSA) is 75.4 Å². The molecule has 1 saturated heterocycles. The number of hydrogen-bond donors (Lipinski definition) is 2. The SMILES string of the molecule is Nc1ccccc1CCC(=O)NC1CCN(c2ccccc2Cl)C1=O. The van der Waals surface area contributed by atoms with Crippen molar-refractivity contribution < 1.29 is 9.59 Å². The molecule has 0 bridgehead atoms. The molecule has 1 aliphatic rings. The molecule has 2 aromatic rings. The zero-order valence-electron chi connectivity index (χ0n) is 13.7. The summed E-state index contributed by atoms with van der Waals surface area (Å²) >= 11 is 6.16. The van der Waals surface area contributed by atoms with Crippen LogP contribution in [0.3, 0.4) is 0 Å². The van der Waals surface area contributed by atoms with E-state index in [4.69, 9.17) is 17.3 Å². The standard InChI is InChI=1S/C19H20ClN3O2/c20-14-6-2-4-8-17(14)23-12-11-16(19(23)25)22-18(24)10-9-13-5-1-3-7-15(13)21/h1-8,16H,9-12,21H2,(H,22,24). The Hall–Kier alpha value is -2.53. The average Bonchev–Trinajstić information content (AvgIpc) is 2.95. The highest BCUT2D eigenvalue weighted by molar-refractivity contribution is 6.34. The van der Waals surface area contributed by atoms with Crippen LogP contribution >= 0.6 is 11.6 Å². The van der Waals surface area contributed by atoms with E-state index in [0.717, 1.165) is 5.56 Å². The van der Waals surface area contributed by atoms with Crippen LogP contribution in [0.2, 0.25) is 5.02 Å². The first-order valence-electron chi connectivity index (χ1n) is 8.25. The van der Waals surface area contributed by atoms with Gasteiger partial charge in [0.2, 0.25) is 11.8 Å². The van der Waals surface area contributed by atoms with Crippen molar-refractivity contribution in [1.29, 1.82) is 0 Å². The molecular weight excluding hydrogens is 338 g/mol. The van der Waals surface area contributed by atoms with Crippen molar-refractivity contribution in [3.05, 3.63) is 59.1 Å². The lowest BCUT2D eigenvalue weighted by Gasteiger charge is -2.18. The van der Waals surface area contributed by atoms with E-state index in [1.165, 1.54) is 0 Å². The molecule has 0 aromatic heterocycles. The number of amides is 2.